The van der Waals surface area contributed by atoms with E-state index in [1.54, 1.807) is 25.1 Å². The van der Waals surface area contributed by atoms with Gasteiger partial charge in [-0.2, -0.15) is 0 Å². The number of anilines is 1. The van der Waals surface area contributed by atoms with E-state index in [0.29, 0.717) is 13.0 Å². The average molecular weight is 402 g/mol. The standard InChI is InChI=1S/C24H26N4O2/c1-16(25-2)23(29)27-21-13-12-17-7-3-4-11-22(17)28(24(21)30)15-18-8-5-10-20-19(18)9-6-14-26-20/h3-11,14,16,21,25H,12-13,15H2,1-2H3,(H,27,29)/t16-,21-/m0/s1. The summed E-state index contributed by atoms with van der Waals surface area (Å²) in [6, 6.07) is 17.0. The molecule has 2 aromatic carbocycles. The number of carbonyl (C=O) groups is 2. The summed E-state index contributed by atoms with van der Waals surface area (Å²) in [6.45, 7) is 2.21. The molecule has 0 bridgehead atoms. The van der Waals surface area contributed by atoms with Crippen LogP contribution in [0.25, 0.3) is 10.9 Å². The first kappa shape index (κ1) is 20.0. The summed E-state index contributed by atoms with van der Waals surface area (Å²) in [7, 11) is 1.73. The second kappa shape index (κ2) is 8.63. The van der Waals surface area contributed by atoms with E-state index in [2.05, 4.69) is 21.7 Å². The van der Waals surface area contributed by atoms with Gasteiger partial charge >= 0.3 is 0 Å². The van der Waals surface area contributed by atoms with Gasteiger partial charge in [-0.25, -0.2) is 0 Å². The number of carbonyl (C=O) groups excluding carboxylic acids is 2. The fourth-order valence-electron chi connectivity index (χ4n) is 3.92. The van der Waals surface area contributed by atoms with Crippen LogP contribution in [0.3, 0.4) is 0 Å². The van der Waals surface area contributed by atoms with Crippen LogP contribution in [-0.2, 0) is 22.6 Å². The fourth-order valence-corrected chi connectivity index (χ4v) is 3.92. The zero-order valence-corrected chi connectivity index (χ0v) is 17.3. The van der Waals surface area contributed by atoms with E-state index >= 15 is 0 Å². The molecule has 3 aromatic rings. The van der Waals surface area contributed by atoms with E-state index in [1.807, 2.05) is 48.5 Å². The second-order valence-corrected chi connectivity index (χ2v) is 7.65. The molecule has 0 fully saturated rings. The van der Waals surface area contributed by atoms with Gasteiger partial charge in [-0.05, 0) is 56.1 Å². The van der Waals surface area contributed by atoms with Crippen LogP contribution in [0.1, 0.15) is 24.5 Å². The van der Waals surface area contributed by atoms with Crippen molar-refractivity contribution in [1.29, 1.82) is 0 Å². The summed E-state index contributed by atoms with van der Waals surface area (Å²) in [4.78, 5) is 32.3. The zero-order chi connectivity index (χ0) is 21.1. The Bertz CT molecular complexity index is 1080. The summed E-state index contributed by atoms with van der Waals surface area (Å²) in [6.07, 6.45) is 3.08. The Balaban J connectivity index is 1.70. The number of fused-ring (bicyclic) bond motifs is 2. The number of nitrogens with one attached hydrogen (secondary N) is 2. The Morgan fingerprint density at radius 3 is 2.83 bits per heavy atom. The van der Waals surface area contributed by atoms with Crippen LogP contribution in [0.4, 0.5) is 5.69 Å². The lowest BCUT2D eigenvalue weighted by Gasteiger charge is -2.27. The number of hydrogen-bond acceptors (Lipinski definition) is 4. The first-order valence-electron chi connectivity index (χ1n) is 10.3. The number of nitrogens with zero attached hydrogens (tertiary/aromatic N) is 2. The van der Waals surface area contributed by atoms with E-state index in [0.717, 1.165) is 34.1 Å². The van der Waals surface area contributed by atoms with E-state index in [4.69, 9.17) is 0 Å². The normalized spacial score (nSPS) is 17.3. The van der Waals surface area contributed by atoms with Crippen molar-refractivity contribution in [1.82, 2.24) is 15.6 Å². The van der Waals surface area contributed by atoms with Crippen LogP contribution in [0, 0.1) is 0 Å². The van der Waals surface area contributed by atoms with Crippen LogP contribution in [-0.4, -0.2) is 35.9 Å². The van der Waals surface area contributed by atoms with Crippen LogP contribution in [0.2, 0.25) is 0 Å². The smallest absolute Gasteiger partial charge is 0.249 e. The summed E-state index contributed by atoms with van der Waals surface area (Å²) in [5.74, 6) is -0.256. The summed E-state index contributed by atoms with van der Waals surface area (Å²) >= 11 is 0. The van der Waals surface area contributed by atoms with Crippen molar-refractivity contribution >= 4 is 28.4 Å². The first-order valence-corrected chi connectivity index (χ1v) is 10.3. The Morgan fingerprint density at radius 2 is 2.00 bits per heavy atom. The number of aryl methyl sites for hydroxylation is 1. The van der Waals surface area contributed by atoms with Crippen molar-refractivity contribution in [2.24, 2.45) is 0 Å². The molecular formula is C24H26N4O2. The third-order valence-corrected chi connectivity index (χ3v) is 5.76. The maximum absolute atomic E-state index is 13.6. The highest BCUT2D eigenvalue weighted by atomic mass is 16.2. The quantitative estimate of drug-likeness (QED) is 0.688. The summed E-state index contributed by atoms with van der Waals surface area (Å²) in [5.41, 5.74) is 3.95. The third kappa shape index (κ3) is 3.91. The Morgan fingerprint density at radius 1 is 1.17 bits per heavy atom. The molecule has 4 rings (SSSR count). The van der Waals surface area contributed by atoms with Gasteiger partial charge in [-0.3, -0.25) is 14.6 Å². The van der Waals surface area contributed by atoms with Crippen molar-refractivity contribution in [3.63, 3.8) is 0 Å². The number of para-hydroxylation sites is 1. The molecule has 0 spiro atoms. The molecule has 0 saturated heterocycles. The maximum Gasteiger partial charge on any atom is 0.249 e. The lowest BCUT2D eigenvalue weighted by molar-refractivity contribution is -0.128. The van der Waals surface area contributed by atoms with Gasteiger partial charge in [0.25, 0.3) is 0 Å². The number of hydrogen-bond donors (Lipinski definition) is 2. The highest BCUT2D eigenvalue weighted by molar-refractivity contribution is 6.01. The van der Waals surface area contributed by atoms with Gasteiger partial charge < -0.3 is 15.5 Å². The molecule has 6 nitrogen and oxygen atoms in total. The van der Waals surface area contributed by atoms with Gasteiger partial charge in [0.05, 0.1) is 18.1 Å². The molecule has 0 radical (unpaired) electrons. The van der Waals surface area contributed by atoms with Gasteiger partial charge in [0.15, 0.2) is 0 Å². The van der Waals surface area contributed by atoms with Gasteiger partial charge in [0.2, 0.25) is 11.8 Å². The number of benzene rings is 2. The fraction of sp³-hybridized carbons (Fsp3) is 0.292. The van der Waals surface area contributed by atoms with Crippen molar-refractivity contribution in [3.8, 4) is 0 Å². The minimum absolute atomic E-state index is 0.0857. The molecular weight excluding hydrogens is 376 g/mol. The van der Waals surface area contributed by atoms with Crippen molar-refractivity contribution in [2.45, 2.75) is 38.4 Å². The lowest BCUT2D eigenvalue weighted by atomic mass is 10.1. The van der Waals surface area contributed by atoms with Crippen molar-refractivity contribution < 1.29 is 9.59 Å². The Labute approximate surface area is 176 Å². The van der Waals surface area contributed by atoms with Gasteiger partial charge in [-0.15, -0.1) is 0 Å². The van der Waals surface area contributed by atoms with Crippen LogP contribution in [0.15, 0.2) is 60.8 Å². The molecule has 1 aromatic heterocycles. The lowest BCUT2D eigenvalue weighted by Crippen LogP contribution is -2.52. The monoisotopic (exact) mass is 402 g/mol. The molecule has 2 amide bonds. The minimum atomic E-state index is -0.561. The second-order valence-electron chi connectivity index (χ2n) is 7.65. The molecule has 1 aliphatic rings. The highest BCUT2D eigenvalue weighted by Gasteiger charge is 2.32. The van der Waals surface area contributed by atoms with E-state index < -0.39 is 6.04 Å². The van der Waals surface area contributed by atoms with Crippen molar-refractivity contribution in [2.75, 3.05) is 11.9 Å². The van der Waals surface area contributed by atoms with Crippen LogP contribution in [0.5, 0.6) is 0 Å². The van der Waals surface area contributed by atoms with E-state index in [1.165, 1.54) is 0 Å². The van der Waals surface area contributed by atoms with Gasteiger partial charge in [0.1, 0.15) is 6.04 Å². The predicted octanol–water partition coefficient (Wildman–Crippen LogP) is 2.81. The largest absolute Gasteiger partial charge is 0.343 e. The minimum Gasteiger partial charge on any atom is -0.343 e. The number of amides is 2. The van der Waals surface area contributed by atoms with Crippen LogP contribution >= 0.6 is 0 Å². The molecule has 2 N–H and O–H groups in total. The molecule has 1 aliphatic heterocycles. The molecule has 154 valence electrons. The molecule has 30 heavy (non-hydrogen) atoms. The number of pyridine rings is 1. The molecule has 2 atom stereocenters. The Kier molecular flexibility index (Phi) is 5.77. The maximum atomic E-state index is 13.6. The average Bonchev–Trinajstić information content (AvgIpc) is 2.91. The topological polar surface area (TPSA) is 74.3 Å². The number of aromatic nitrogens is 1. The van der Waals surface area contributed by atoms with Crippen molar-refractivity contribution in [3.05, 3.63) is 71.9 Å². The SMILES string of the molecule is CN[C@@H](C)C(=O)N[C@H]1CCc2ccccc2N(Cc2cccc3ncccc23)C1=O. The van der Waals surface area contributed by atoms with Crippen LogP contribution < -0.4 is 15.5 Å². The predicted molar refractivity (Wildman–Crippen MR) is 118 cm³/mol. The summed E-state index contributed by atoms with van der Waals surface area (Å²) < 4.78 is 0. The number of likely N-dealkylation sites (N-methyl/N-ethyl adjacent to an activating group) is 1. The summed E-state index contributed by atoms with van der Waals surface area (Å²) in [5, 5.41) is 6.90. The molecule has 6 heteroatoms. The molecule has 2 heterocycles. The van der Waals surface area contributed by atoms with Gasteiger partial charge in [-0.1, -0.05) is 36.4 Å². The number of rotatable bonds is 5. The Hall–Kier alpha value is -3.25. The first-order chi connectivity index (χ1) is 14.6. The van der Waals surface area contributed by atoms with E-state index in [9.17, 15) is 9.59 Å². The van der Waals surface area contributed by atoms with E-state index in [-0.39, 0.29) is 17.9 Å². The third-order valence-electron chi connectivity index (χ3n) is 5.76. The highest BCUT2D eigenvalue weighted by Crippen LogP contribution is 2.30. The zero-order valence-electron chi connectivity index (χ0n) is 17.3. The molecule has 0 saturated carbocycles. The molecule has 0 unspecified atom stereocenters. The molecule has 0 aliphatic carbocycles. The van der Waals surface area contributed by atoms with Gasteiger partial charge in [0, 0.05) is 17.3 Å².